The van der Waals surface area contributed by atoms with E-state index in [0.29, 0.717) is 19.5 Å². The minimum absolute atomic E-state index is 0.00877. The lowest BCUT2D eigenvalue weighted by atomic mass is 9.78. The number of halogens is 1. The van der Waals surface area contributed by atoms with Gasteiger partial charge in [0, 0.05) is 37.6 Å². The number of nitrogens with zero attached hydrogens (tertiary/aromatic N) is 2. The number of rotatable bonds is 5. The van der Waals surface area contributed by atoms with Crippen LogP contribution in [0.4, 0.5) is 4.39 Å². The SMILES string of the molecule is CCCNC(=O)C1CCC2C(C1)N(Cc1ccc(F)cc1)C(=O)C1CCNN12. The van der Waals surface area contributed by atoms with Crippen LogP contribution >= 0.6 is 0 Å². The largest absolute Gasteiger partial charge is 0.356 e. The number of hydrogen-bond acceptors (Lipinski definition) is 4. The van der Waals surface area contributed by atoms with Crippen molar-refractivity contribution in [2.75, 3.05) is 13.1 Å². The number of nitrogens with one attached hydrogen (secondary N) is 2. The van der Waals surface area contributed by atoms with Crippen molar-refractivity contribution in [1.29, 1.82) is 0 Å². The number of carbonyl (C=O) groups excluding carboxylic acids is 2. The molecular weight excluding hydrogens is 359 g/mol. The minimum atomic E-state index is -0.275. The predicted octanol–water partition coefficient (Wildman–Crippen LogP) is 1.81. The minimum Gasteiger partial charge on any atom is -0.356 e. The number of benzene rings is 1. The van der Waals surface area contributed by atoms with Crippen LogP contribution in [0.25, 0.3) is 0 Å². The van der Waals surface area contributed by atoms with Gasteiger partial charge in [0.15, 0.2) is 0 Å². The molecule has 1 saturated carbocycles. The van der Waals surface area contributed by atoms with Crippen LogP contribution in [0.2, 0.25) is 0 Å². The molecule has 0 aromatic heterocycles. The van der Waals surface area contributed by atoms with Crippen LogP contribution in [0.15, 0.2) is 24.3 Å². The molecule has 2 saturated heterocycles. The number of carbonyl (C=O) groups is 2. The third-order valence-corrected chi connectivity index (χ3v) is 6.34. The van der Waals surface area contributed by atoms with Gasteiger partial charge in [0.25, 0.3) is 0 Å². The summed E-state index contributed by atoms with van der Waals surface area (Å²) in [5.41, 5.74) is 4.32. The summed E-state index contributed by atoms with van der Waals surface area (Å²) in [6.45, 7) is 4.01. The van der Waals surface area contributed by atoms with Crippen molar-refractivity contribution in [3.05, 3.63) is 35.6 Å². The van der Waals surface area contributed by atoms with Crippen molar-refractivity contribution in [2.24, 2.45) is 5.92 Å². The highest BCUT2D eigenvalue weighted by atomic mass is 19.1. The van der Waals surface area contributed by atoms with Crippen molar-refractivity contribution in [3.8, 4) is 0 Å². The summed E-state index contributed by atoms with van der Waals surface area (Å²) in [6, 6.07) is 6.44. The van der Waals surface area contributed by atoms with Gasteiger partial charge < -0.3 is 10.2 Å². The van der Waals surface area contributed by atoms with Gasteiger partial charge in [0.2, 0.25) is 11.8 Å². The van der Waals surface area contributed by atoms with E-state index in [-0.39, 0.29) is 41.7 Å². The average molecular weight is 388 g/mol. The zero-order valence-corrected chi connectivity index (χ0v) is 16.4. The Bertz CT molecular complexity index is 726. The first kappa shape index (κ1) is 19.3. The zero-order valence-electron chi connectivity index (χ0n) is 16.4. The van der Waals surface area contributed by atoms with Crippen molar-refractivity contribution < 1.29 is 14.0 Å². The van der Waals surface area contributed by atoms with E-state index in [9.17, 15) is 14.0 Å². The van der Waals surface area contributed by atoms with Crippen molar-refractivity contribution in [2.45, 2.75) is 63.7 Å². The summed E-state index contributed by atoms with van der Waals surface area (Å²) < 4.78 is 13.3. The quantitative estimate of drug-likeness (QED) is 0.808. The van der Waals surface area contributed by atoms with E-state index < -0.39 is 0 Å². The van der Waals surface area contributed by atoms with Gasteiger partial charge in [-0.1, -0.05) is 19.1 Å². The van der Waals surface area contributed by atoms with Gasteiger partial charge in [0.1, 0.15) is 11.9 Å². The Morgan fingerprint density at radius 2 is 2.00 bits per heavy atom. The molecule has 0 bridgehead atoms. The number of hydrogen-bond donors (Lipinski definition) is 2. The Kier molecular flexibility index (Phi) is 5.64. The molecule has 0 spiro atoms. The zero-order chi connectivity index (χ0) is 19.7. The van der Waals surface area contributed by atoms with Crippen LogP contribution in [0, 0.1) is 11.7 Å². The molecule has 1 aromatic carbocycles. The summed E-state index contributed by atoms with van der Waals surface area (Å²) in [5.74, 6) is -0.116. The topological polar surface area (TPSA) is 64.7 Å². The molecule has 2 N–H and O–H groups in total. The number of fused-ring (bicyclic) bond motifs is 3. The smallest absolute Gasteiger partial charge is 0.242 e. The van der Waals surface area contributed by atoms with E-state index in [1.807, 2.05) is 11.8 Å². The molecule has 4 rings (SSSR count). The Labute approximate surface area is 165 Å². The van der Waals surface area contributed by atoms with E-state index in [0.717, 1.165) is 37.8 Å². The van der Waals surface area contributed by atoms with Crippen LogP contribution in [0.1, 0.15) is 44.6 Å². The Morgan fingerprint density at radius 3 is 2.75 bits per heavy atom. The van der Waals surface area contributed by atoms with Crippen LogP contribution < -0.4 is 10.7 Å². The van der Waals surface area contributed by atoms with E-state index in [2.05, 4.69) is 15.8 Å². The normalized spacial score (nSPS) is 30.1. The number of hydrazine groups is 1. The molecule has 3 aliphatic rings. The lowest BCUT2D eigenvalue weighted by Crippen LogP contribution is -2.68. The summed E-state index contributed by atoms with van der Waals surface area (Å²) in [5, 5.41) is 5.16. The van der Waals surface area contributed by atoms with Crippen LogP contribution in [0.3, 0.4) is 0 Å². The maximum absolute atomic E-state index is 13.3. The second kappa shape index (κ2) is 8.17. The van der Waals surface area contributed by atoms with Crippen LogP contribution in [0.5, 0.6) is 0 Å². The van der Waals surface area contributed by atoms with Crippen LogP contribution in [-0.2, 0) is 16.1 Å². The van der Waals surface area contributed by atoms with Gasteiger partial charge in [-0.3, -0.25) is 15.0 Å². The predicted molar refractivity (Wildman–Crippen MR) is 103 cm³/mol. The molecule has 1 aromatic rings. The van der Waals surface area contributed by atoms with Crippen molar-refractivity contribution in [3.63, 3.8) is 0 Å². The van der Waals surface area contributed by atoms with E-state index in [4.69, 9.17) is 0 Å². The molecule has 0 radical (unpaired) electrons. The fraction of sp³-hybridized carbons (Fsp3) is 0.619. The molecule has 3 fully saturated rings. The lowest BCUT2D eigenvalue weighted by Gasteiger charge is -2.51. The molecular formula is C21H29FN4O2. The monoisotopic (exact) mass is 388 g/mol. The Hall–Kier alpha value is -1.99. The van der Waals surface area contributed by atoms with Crippen LogP contribution in [-0.4, -0.2) is 52.9 Å². The summed E-state index contributed by atoms with van der Waals surface area (Å²) in [6.07, 6.45) is 4.14. The number of piperazine rings is 1. The molecule has 2 aliphatic heterocycles. The highest BCUT2D eigenvalue weighted by molar-refractivity contribution is 5.84. The van der Waals surface area contributed by atoms with E-state index >= 15 is 0 Å². The molecule has 1 aliphatic carbocycles. The van der Waals surface area contributed by atoms with Crippen molar-refractivity contribution in [1.82, 2.24) is 20.7 Å². The summed E-state index contributed by atoms with van der Waals surface area (Å²) >= 11 is 0. The second-order valence-electron chi connectivity index (χ2n) is 8.15. The van der Waals surface area contributed by atoms with Gasteiger partial charge in [-0.15, -0.1) is 0 Å². The Morgan fingerprint density at radius 1 is 1.21 bits per heavy atom. The van der Waals surface area contributed by atoms with Gasteiger partial charge in [0.05, 0.1) is 0 Å². The molecule has 4 unspecified atom stereocenters. The van der Waals surface area contributed by atoms with Gasteiger partial charge in [-0.05, 0) is 49.8 Å². The van der Waals surface area contributed by atoms with Gasteiger partial charge in [-0.25, -0.2) is 9.40 Å². The third kappa shape index (κ3) is 3.65. The maximum atomic E-state index is 13.3. The number of amides is 2. The second-order valence-corrected chi connectivity index (χ2v) is 8.15. The molecule has 28 heavy (non-hydrogen) atoms. The molecule has 2 heterocycles. The molecule has 4 atom stereocenters. The molecule has 2 amide bonds. The molecule has 7 heteroatoms. The van der Waals surface area contributed by atoms with Crippen molar-refractivity contribution >= 4 is 11.8 Å². The summed E-state index contributed by atoms with van der Waals surface area (Å²) in [4.78, 5) is 27.8. The highest BCUT2D eigenvalue weighted by Gasteiger charge is 2.51. The van der Waals surface area contributed by atoms with Gasteiger partial charge >= 0.3 is 0 Å². The molecule has 6 nitrogen and oxygen atoms in total. The third-order valence-electron chi connectivity index (χ3n) is 6.34. The fourth-order valence-electron chi connectivity index (χ4n) is 4.93. The van der Waals surface area contributed by atoms with Gasteiger partial charge in [-0.2, -0.15) is 0 Å². The fourth-order valence-corrected chi connectivity index (χ4v) is 4.93. The first-order valence-corrected chi connectivity index (χ1v) is 10.4. The first-order valence-electron chi connectivity index (χ1n) is 10.4. The molecule has 152 valence electrons. The lowest BCUT2D eigenvalue weighted by molar-refractivity contribution is -0.157. The van der Waals surface area contributed by atoms with E-state index in [1.165, 1.54) is 12.1 Å². The Balaban J connectivity index is 1.56. The van der Waals surface area contributed by atoms with E-state index in [1.54, 1.807) is 12.1 Å². The maximum Gasteiger partial charge on any atom is 0.242 e. The first-order chi connectivity index (χ1) is 13.6. The summed E-state index contributed by atoms with van der Waals surface area (Å²) in [7, 11) is 0. The standard InChI is InChI=1S/C21H29FN4O2/c1-2-10-23-20(27)15-5-8-17-19(12-15)25(13-14-3-6-16(22)7-4-14)21(28)18-9-11-24-26(17)18/h3-4,6-7,15,17-19,24H,2,5,8-13H2,1H3,(H,23,27). The average Bonchev–Trinajstić information content (AvgIpc) is 3.20. The highest BCUT2D eigenvalue weighted by Crippen LogP contribution is 2.38.